The second-order valence-corrected chi connectivity index (χ2v) is 10.7. The Morgan fingerprint density at radius 2 is 1.93 bits per heavy atom. The fourth-order valence-corrected chi connectivity index (χ4v) is 6.40. The number of aryl methyl sites for hydroxylation is 1. The summed E-state index contributed by atoms with van der Waals surface area (Å²) < 4.78 is 27.0. The van der Waals surface area contributed by atoms with Gasteiger partial charge in [-0.05, 0) is 39.5 Å². The van der Waals surface area contributed by atoms with Crippen LogP contribution in [0.1, 0.15) is 44.7 Å². The van der Waals surface area contributed by atoms with Crippen molar-refractivity contribution in [3.63, 3.8) is 0 Å². The number of H-pyrrole nitrogens is 1. The van der Waals surface area contributed by atoms with Crippen LogP contribution in [0.4, 0.5) is 17.6 Å². The number of nitrogens with one attached hydrogen (secondary N) is 2. The number of rotatable bonds is 6. The highest BCUT2D eigenvalue weighted by molar-refractivity contribution is 7.89. The SMILES string of the molecule is CCS(=O)(=O)N1[C@@H]2CCC[C@H]1C[C@H](N(C)c1nc(Cl)cc(Nc3cc(C)[nH]n3)n1)C2. The number of aromatic amines is 1. The van der Waals surface area contributed by atoms with Crippen LogP contribution < -0.4 is 10.2 Å². The Morgan fingerprint density at radius 3 is 2.53 bits per heavy atom. The van der Waals surface area contributed by atoms with Crippen LogP contribution in [0.15, 0.2) is 12.1 Å². The van der Waals surface area contributed by atoms with Gasteiger partial charge in [-0.3, -0.25) is 5.10 Å². The summed E-state index contributed by atoms with van der Waals surface area (Å²) in [5.74, 6) is 1.89. The Kier molecular flexibility index (Phi) is 5.91. The molecule has 2 saturated heterocycles. The highest BCUT2D eigenvalue weighted by Gasteiger charge is 2.45. The van der Waals surface area contributed by atoms with Gasteiger partial charge in [-0.2, -0.15) is 14.4 Å². The monoisotopic (exact) mass is 453 g/mol. The topological polar surface area (TPSA) is 107 Å². The van der Waals surface area contributed by atoms with Crippen LogP contribution in [0, 0.1) is 6.92 Å². The third-order valence-corrected chi connectivity index (χ3v) is 8.24. The maximum atomic E-state index is 12.6. The molecule has 0 spiro atoms. The van der Waals surface area contributed by atoms with E-state index in [0.717, 1.165) is 37.8 Å². The van der Waals surface area contributed by atoms with Gasteiger partial charge in [0, 0.05) is 43.0 Å². The van der Waals surface area contributed by atoms with Crippen LogP contribution in [0.25, 0.3) is 0 Å². The molecule has 30 heavy (non-hydrogen) atoms. The van der Waals surface area contributed by atoms with E-state index in [9.17, 15) is 8.42 Å². The molecule has 0 aliphatic carbocycles. The van der Waals surface area contributed by atoms with Gasteiger partial charge in [0.05, 0.1) is 5.75 Å². The fraction of sp³-hybridized carbons (Fsp3) is 0.632. The van der Waals surface area contributed by atoms with Crippen molar-refractivity contribution in [2.24, 2.45) is 0 Å². The van der Waals surface area contributed by atoms with Crippen molar-refractivity contribution in [2.75, 3.05) is 23.0 Å². The lowest BCUT2D eigenvalue weighted by Gasteiger charge is -2.49. The highest BCUT2D eigenvalue weighted by atomic mass is 35.5. The zero-order valence-corrected chi connectivity index (χ0v) is 19.0. The van der Waals surface area contributed by atoms with Crippen molar-refractivity contribution < 1.29 is 8.42 Å². The fourth-order valence-electron chi connectivity index (χ4n) is 4.63. The molecule has 0 aromatic carbocycles. The summed E-state index contributed by atoms with van der Waals surface area (Å²) in [4.78, 5) is 11.1. The Labute approximate surface area is 182 Å². The third-order valence-electron chi connectivity index (χ3n) is 6.08. The maximum Gasteiger partial charge on any atom is 0.228 e. The minimum atomic E-state index is -3.20. The number of anilines is 3. The molecular weight excluding hydrogens is 426 g/mol. The lowest BCUT2D eigenvalue weighted by Crippen LogP contribution is -2.58. The van der Waals surface area contributed by atoms with Crippen LogP contribution in [0.3, 0.4) is 0 Å². The molecule has 2 aromatic heterocycles. The summed E-state index contributed by atoms with van der Waals surface area (Å²) in [5.41, 5.74) is 0.940. The molecule has 2 aliphatic rings. The van der Waals surface area contributed by atoms with E-state index in [-0.39, 0.29) is 23.9 Å². The predicted molar refractivity (Wildman–Crippen MR) is 118 cm³/mol. The molecule has 2 N–H and O–H groups in total. The molecular formula is C19H28ClN7O2S. The Morgan fingerprint density at radius 1 is 1.23 bits per heavy atom. The van der Waals surface area contributed by atoms with E-state index < -0.39 is 10.0 Å². The van der Waals surface area contributed by atoms with Crippen molar-refractivity contribution in [3.8, 4) is 0 Å². The Bertz CT molecular complexity index is 998. The summed E-state index contributed by atoms with van der Waals surface area (Å²) in [5, 5.41) is 10.5. The van der Waals surface area contributed by atoms with Gasteiger partial charge in [-0.25, -0.2) is 13.4 Å². The van der Waals surface area contributed by atoms with Crippen molar-refractivity contribution in [1.29, 1.82) is 0 Å². The van der Waals surface area contributed by atoms with Gasteiger partial charge in [-0.1, -0.05) is 18.0 Å². The number of aromatic nitrogens is 4. The van der Waals surface area contributed by atoms with Crippen molar-refractivity contribution in [1.82, 2.24) is 24.5 Å². The van der Waals surface area contributed by atoms with Gasteiger partial charge in [0.25, 0.3) is 0 Å². The van der Waals surface area contributed by atoms with Crippen LogP contribution in [-0.2, 0) is 10.0 Å². The number of fused-ring (bicyclic) bond motifs is 2. The molecule has 164 valence electrons. The standard InChI is InChI=1S/C19H28ClN7O2S/c1-4-30(28,29)27-13-6-5-7-14(27)10-15(9-13)26(3)19-21-16(20)11-17(23-19)22-18-8-12(2)24-25-18/h8,11,13-15H,4-7,9-10H2,1-3H3,(H2,21,22,23,24,25)/t13-,14+,15-. The minimum absolute atomic E-state index is 0.0405. The van der Waals surface area contributed by atoms with Gasteiger partial charge in [-0.15, -0.1) is 0 Å². The second-order valence-electron chi connectivity index (χ2n) is 8.14. The highest BCUT2D eigenvalue weighted by Crippen LogP contribution is 2.38. The van der Waals surface area contributed by atoms with Crippen molar-refractivity contribution in [3.05, 3.63) is 23.0 Å². The average Bonchev–Trinajstić information content (AvgIpc) is 3.10. The van der Waals surface area contributed by atoms with Gasteiger partial charge in [0.1, 0.15) is 11.0 Å². The molecule has 0 amide bonds. The van der Waals surface area contributed by atoms with Crippen LogP contribution in [0.2, 0.25) is 5.15 Å². The Hall–Kier alpha value is -1.91. The molecule has 9 nitrogen and oxygen atoms in total. The zero-order valence-electron chi connectivity index (χ0n) is 17.5. The van der Waals surface area contributed by atoms with E-state index in [1.54, 1.807) is 17.3 Å². The summed E-state index contributed by atoms with van der Waals surface area (Å²) >= 11 is 6.27. The molecule has 2 aromatic rings. The average molecular weight is 454 g/mol. The number of sulfonamides is 1. The summed E-state index contributed by atoms with van der Waals surface area (Å²) in [7, 11) is -1.24. The smallest absolute Gasteiger partial charge is 0.228 e. The lowest BCUT2D eigenvalue weighted by atomic mass is 9.83. The van der Waals surface area contributed by atoms with Gasteiger partial charge >= 0.3 is 0 Å². The van der Waals surface area contributed by atoms with Gasteiger partial charge in [0.2, 0.25) is 16.0 Å². The number of halogens is 1. The van der Waals surface area contributed by atoms with E-state index in [1.165, 1.54) is 0 Å². The van der Waals surface area contributed by atoms with E-state index in [0.29, 0.717) is 22.7 Å². The summed E-state index contributed by atoms with van der Waals surface area (Å²) in [6.07, 6.45) is 4.42. The molecule has 2 fully saturated rings. The van der Waals surface area contributed by atoms with E-state index >= 15 is 0 Å². The second kappa shape index (κ2) is 8.32. The number of nitrogens with zero attached hydrogens (tertiary/aromatic N) is 5. The molecule has 3 atom stereocenters. The molecule has 11 heteroatoms. The van der Waals surface area contributed by atoms with E-state index in [4.69, 9.17) is 11.6 Å². The van der Waals surface area contributed by atoms with Crippen LogP contribution in [-0.4, -0.2) is 63.8 Å². The zero-order chi connectivity index (χ0) is 21.5. The molecule has 2 bridgehead atoms. The molecule has 0 unspecified atom stereocenters. The maximum absolute atomic E-state index is 12.6. The first-order valence-electron chi connectivity index (χ1n) is 10.3. The molecule has 0 radical (unpaired) electrons. The first kappa shape index (κ1) is 21.3. The molecule has 0 saturated carbocycles. The minimum Gasteiger partial charge on any atom is -0.341 e. The lowest BCUT2D eigenvalue weighted by molar-refractivity contribution is 0.109. The summed E-state index contributed by atoms with van der Waals surface area (Å²) in [6, 6.07) is 3.78. The van der Waals surface area contributed by atoms with E-state index in [1.807, 2.05) is 24.9 Å². The summed E-state index contributed by atoms with van der Waals surface area (Å²) in [6.45, 7) is 3.64. The normalized spacial score (nSPS) is 24.6. The molecule has 4 heterocycles. The van der Waals surface area contributed by atoms with Gasteiger partial charge < -0.3 is 10.2 Å². The molecule has 2 aliphatic heterocycles. The van der Waals surface area contributed by atoms with Crippen molar-refractivity contribution >= 4 is 39.2 Å². The third kappa shape index (κ3) is 4.26. The number of piperidine rings is 2. The largest absolute Gasteiger partial charge is 0.341 e. The predicted octanol–water partition coefficient (Wildman–Crippen LogP) is 3.08. The van der Waals surface area contributed by atoms with Gasteiger partial charge in [0.15, 0.2) is 5.82 Å². The Balaban J connectivity index is 1.54. The quantitative estimate of drug-likeness (QED) is 0.647. The molecule has 4 rings (SSSR count). The number of hydrogen-bond acceptors (Lipinski definition) is 7. The van der Waals surface area contributed by atoms with Crippen LogP contribution >= 0.6 is 11.6 Å². The first-order chi connectivity index (χ1) is 14.3. The van der Waals surface area contributed by atoms with E-state index in [2.05, 4.69) is 25.5 Å². The van der Waals surface area contributed by atoms with Crippen LogP contribution in [0.5, 0.6) is 0 Å². The first-order valence-corrected chi connectivity index (χ1v) is 12.3. The van der Waals surface area contributed by atoms with Crippen molar-refractivity contribution in [2.45, 2.75) is 64.1 Å². The number of hydrogen-bond donors (Lipinski definition) is 2.